The first-order valence-corrected chi connectivity index (χ1v) is 5.62. The fourth-order valence-electron chi connectivity index (χ4n) is 1.80. The van der Waals surface area contributed by atoms with Gasteiger partial charge in [-0.05, 0) is 24.8 Å². The first-order valence-electron chi connectivity index (χ1n) is 5.62. The van der Waals surface area contributed by atoms with E-state index in [1.807, 2.05) is 0 Å². The molecule has 92 valence electrons. The van der Waals surface area contributed by atoms with Gasteiger partial charge in [0, 0.05) is 24.7 Å². The Morgan fingerprint density at radius 3 is 1.80 bits per heavy atom. The molecule has 0 aliphatic rings. The fraction of sp³-hybridized carbons (Fsp3) is 1.00. The molecule has 0 fully saturated rings. The molecule has 0 aliphatic carbocycles. The van der Waals surface area contributed by atoms with Crippen LogP contribution in [0.4, 0.5) is 0 Å². The van der Waals surface area contributed by atoms with Gasteiger partial charge in [-0.25, -0.2) is 0 Å². The van der Waals surface area contributed by atoms with Crippen LogP contribution < -0.4 is 28.7 Å². The van der Waals surface area contributed by atoms with E-state index in [9.17, 15) is 0 Å². The van der Waals surface area contributed by atoms with Gasteiger partial charge in [-0.2, -0.15) is 0 Å². The summed E-state index contributed by atoms with van der Waals surface area (Å²) in [6.07, 6.45) is 0.800. The molecule has 0 heterocycles. The lowest BCUT2D eigenvalue weighted by Gasteiger charge is -2.34. The van der Waals surface area contributed by atoms with Crippen molar-refractivity contribution in [1.29, 1.82) is 0 Å². The monoisotopic (exact) mass is 217 g/mol. The van der Waals surface area contributed by atoms with Crippen LogP contribution >= 0.6 is 0 Å². The summed E-state index contributed by atoms with van der Waals surface area (Å²) in [4.78, 5) is 0. The molecule has 0 saturated heterocycles. The third-order valence-electron chi connectivity index (χ3n) is 3.03. The lowest BCUT2D eigenvalue weighted by atomic mass is 9.81. The Bertz CT molecular complexity index is 162. The second-order valence-corrected chi connectivity index (χ2v) is 4.54. The molecule has 0 aromatic rings. The van der Waals surface area contributed by atoms with E-state index in [1.165, 1.54) is 0 Å². The van der Waals surface area contributed by atoms with Crippen molar-refractivity contribution in [1.82, 2.24) is 0 Å². The van der Waals surface area contributed by atoms with E-state index in [0.29, 0.717) is 19.0 Å². The van der Waals surface area contributed by atoms with Crippen LogP contribution in [-0.2, 0) is 0 Å². The van der Waals surface area contributed by atoms with Crippen LogP contribution in [0, 0.1) is 11.8 Å². The average Bonchev–Trinajstić information content (AvgIpc) is 2.22. The van der Waals surface area contributed by atoms with Gasteiger partial charge in [0.15, 0.2) is 0 Å². The van der Waals surface area contributed by atoms with Gasteiger partial charge in [-0.1, -0.05) is 13.8 Å². The van der Waals surface area contributed by atoms with Gasteiger partial charge in [0.2, 0.25) is 0 Å². The van der Waals surface area contributed by atoms with E-state index in [-0.39, 0.29) is 24.0 Å². The van der Waals surface area contributed by atoms with Gasteiger partial charge < -0.3 is 28.7 Å². The third kappa shape index (κ3) is 4.44. The van der Waals surface area contributed by atoms with Crippen molar-refractivity contribution in [3.63, 3.8) is 0 Å². The molecule has 5 heteroatoms. The van der Waals surface area contributed by atoms with Crippen LogP contribution in [0.2, 0.25) is 0 Å². The smallest absolute Gasteiger partial charge is 0.0320 e. The highest BCUT2D eigenvalue weighted by Gasteiger charge is 2.29. The molecule has 0 saturated carbocycles. The lowest BCUT2D eigenvalue weighted by Crippen LogP contribution is -2.56. The van der Waals surface area contributed by atoms with E-state index in [0.717, 1.165) is 6.42 Å². The fourth-order valence-corrected chi connectivity index (χ4v) is 1.80. The van der Waals surface area contributed by atoms with Crippen molar-refractivity contribution in [3.8, 4) is 0 Å². The highest BCUT2D eigenvalue weighted by atomic mass is 14.9. The molecule has 0 aromatic carbocycles. The van der Waals surface area contributed by atoms with Crippen LogP contribution in [0.1, 0.15) is 20.3 Å². The third-order valence-corrected chi connectivity index (χ3v) is 3.03. The van der Waals surface area contributed by atoms with E-state index in [1.54, 1.807) is 0 Å². The van der Waals surface area contributed by atoms with E-state index in [2.05, 4.69) is 13.8 Å². The summed E-state index contributed by atoms with van der Waals surface area (Å²) in [5, 5.41) is 0. The van der Waals surface area contributed by atoms with E-state index >= 15 is 0 Å². The molecular formula is C10H27N5. The van der Waals surface area contributed by atoms with Crippen LogP contribution in [0.3, 0.4) is 0 Å². The molecule has 0 aromatic heterocycles. The van der Waals surface area contributed by atoms with Crippen LogP contribution in [0.25, 0.3) is 0 Å². The second-order valence-electron chi connectivity index (χ2n) is 4.54. The predicted octanol–water partition coefficient (Wildman–Crippen LogP) is -1.45. The van der Waals surface area contributed by atoms with Crippen LogP contribution in [0.5, 0.6) is 0 Å². The topological polar surface area (TPSA) is 130 Å². The van der Waals surface area contributed by atoms with E-state index in [4.69, 9.17) is 28.7 Å². The first kappa shape index (κ1) is 14.8. The van der Waals surface area contributed by atoms with Gasteiger partial charge in [0.25, 0.3) is 0 Å². The van der Waals surface area contributed by atoms with Crippen molar-refractivity contribution in [3.05, 3.63) is 0 Å². The average molecular weight is 217 g/mol. The second kappa shape index (κ2) is 7.14. The molecule has 4 atom stereocenters. The zero-order valence-electron chi connectivity index (χ0n) is 9.89. The standard InChI is InChI=1S/C10H27N5/c1-6(2)9(14)7(3-4-11)10(15)8(13)5-12/h6-10H,3-5,11-15H2,1-2H3. The SMILES string of the molecule is CC(C)C(N)C(CCN)C(N)C(N)CN. The van der Waals surface area contributed by atoms with Gasteiger partial charge >= 0.3 is 0 Å². The number of nitrogens with two attached hydrogens (primary N) is 5. The summed E-state index contributed by atoms with van der Waals surface area (Å²) >= 11 is 0. The Hall–Kier alpha value is -0.200. The summed E-state index contributed by atoms with van der Waals surface area (Å²) in [6.45, 7) is 5.12. The van der Waals surface area contributed by atoms with Crippen LogP contribution in [0.15, 0.2) is 0 Å². The summed E-state index contributed by atoms with van der Waals surface area (Å²) < 4.78 is 0. The number of rotatable bonds is 7. The number of hydrogen-bond acceptors (Lipinski definition) is 5. The maximum Gasteiger partial charge on any atom is 0.0320 e. The van der Waals surface area contributed by atoms with Crippen molar-refractivity contribution >= 4 is 0 Å². The summed E-state index contributed by atoms with van der Waals surface area (Å²) in [7, 11) is 0. The van der Waals surface area contributed by atoms with Gasteiger partial charge in [0.05, 0.1) is 0 Å². The molecule has 0 spiro atoms. The zero-order valence-corrected chi connectivity index (χ0v) is 9.89. The van der Waals surface area contributed by atoms with E-state index < -0.39 is 0 Å². The Labute approximate surface area is 92.7 Å². The van der Waals surface area contributed by atoms with Crippen molar-refractivity contribution < 1.29 is 0 Å². The summed E-state index contributed by atoms with van der Waals surface area (Å²) in [5.41, 5.74) is 29.1. The Morgan fingerprint density at radius 1 is 0.933 bits per heavy atom. The maximum atomic E-state index is 6.11. The Morgan fingerprint density at radius 2 is 1.47 bits per heavy atom. The molecule has 15 heavy (non-hydrogen) atoms. The minimum absolute atomic E-state index is 0.0288. The molecular weight excluding hydrogens is 190 g/mol. The first-order chi connectivity index (χ1) is 6.95. The summed E-state index contributed by atoms with van der Waals surface area (Å²) in [5.74, 6) is 0.520. The predicted molar refractivity (Wildman–Crippen MR) is 65.0 cm³/mol. The van der Waals surface area contributed by atoms with Crippen molar-refractivity contribution in [2.24, 2.45) is 40.5 Å². The zero-order chi connectivity index (χ0) is 12.0. The Balaban J connectivity index is 4.49. The minimum atomic E-state index is -0.202. The molecule has 0 aliphatic heterocycles. The quantitative estimate of drug-likeness (QED) is 0.356. The van der Waals surface area contributed by atoms with Crippen molar-refractivity contribution in [2.45, 2.75) is 38.4 Å². The van der Waals surface area contributed by atoms with Crippen LogP contribution in [-0.4, -0.2) is 31.2 Å². The molecule has 0 amide bonds. The number of hydrogen-bond donors (Lipinski definition) is 5. The van der Waals surface area contributed by atoms with Crippen molar-refractivity contribution in [2.75, 3.05) is 13.1 Å². The highest BCUT2D eigenvalue weighted by Crippen LogP contribution is 2.18. The highest BCUT2D eigenvalue weighted by molar-refractivity contribution is 4.90. The van der Waals surface area contributed by atoms with Gasteiger partial charge in [-0.3, -0.25) is 0 Å². The van der Waals surface area contributed by atoms with Gasteiger partial charge in [0.1, 0.15) is 0 Å². The molecule has 0 radical (unpaired) electrons. The molecule has 5 nitrogen and oxygen atoms in total. The van der Waals surface area contributed by atoms with Gasteiger partial charge in [-0.15, -0.1) is 0 Å². The minimum Gasteiger partial charge on any atom is -0.330 e. The molecule has 4 unspecified atom stereocenters. The lowest BCUT2D eigenvalue weighted by molar-refractivity contribution is 0.258. The normalized spacial score (nSPS) is 20.0. The Kier molecular flexibility index (Phi) is 7.04. The molecule has 0 rings (SSSR count). The summed E-state index contributed by atoms with van der Waals surface area (Å²) in [6, 6.07) is -0.344. The maximum absolute atomic E-state index is 6.11. The molecule has 10 N–H and O–H groups in total. The molecule has 0 bridgehead atoms. The largest absolute Gasteiger partial charge is 0.330 e.